The molecular formula is C24H30N6O5S. The highest BCUT2D eigenvalue weighted by atomic mass is 32.3. The first-order valence-corrected chi connectivity index (χ1v) is 13.8. The zero-order chi connectivity index (χ0) is 25.1. The second-order valence-corrected chi connectivity index (χ2v) is 11.2. The monoisotopic (exact) mass is 514 g/mol. The number of hydrogen-bond donors (Lipinski definition) is 3. The van der Waals surface area contributed by atoms with Crippen LogP contribution in [0.2, 0.25) is 0 Å². The summed E-state index contributed by atoms with van der Waals surface area (Å²) in [6.07, 6.45) is 3.91. The molecule has 3 N–H and O–H groups in total. The van der Waals surface area contributed by atoms with Crippen molar-refractivity contribution in [3.05, 3.63) is 47.8 Å². The van der Waals surface area contributed by atoms with Crippen LogP contribution < -0.4 is 14.8 Å². The standard InChI is InChI=1S/C24H30N6O5S/c1-34-21-19(35-13-3-9-29-11-14-36(32,33)15-12-29)6-5-18-20(21)27-24(30-10-8-26-22(18)30)28-23(31)17-4-2-7-25-16-17/h2,4-7,16,32-33H,3,8-15H2,1H3,(H,27,28,31). The van der Waals surface area contributed by atoms with Crippen LogP contribution >= 0.6 is 10.6 Å². The molecule has 5 rings (SSSR count). The largest absolute Gasteiger partial charge is 0.491 e. The molecule has 0 unspecified atom stereocenters. The van der Waals surface area contributed by atoms with Crippen LogP contribution in [0.15, 0.2) is 46.6 Å². The van der Waals surface area contributed by atoms with Gasteiger partial charge >= 0.3 is 0 Å². The second-order valence-electron chi connectivity index (χ2n) is 8.74. The lowest BCUT2D eigenvalue weighted by Gasteiger charge is -2.40. The van der Waals surface area contributed by atoms with Crippen LogP contribution in [0.5, 0.6) is 11.5 Å². The Labute approximate surface area is 211 Å². The summed E-state index contributed by atoms with van der Waals surface area (Å²) in [5, 5.41) is 2.89. The van der Waals surface area contributed by atoms with Gasteiger partial charge in [-0.25, -0.2) is 4.99 Å². The Morgan fingerprint density at radius 1 is 1.19 bits per heavy atom. The van der Waals surface area contributed by atoms with E-state index in [-0.39, 0.29) is 5.91 Å². The van der Waals surface area contributed by atoms with E-state index in [2.05, 4.69) is 20.2 Å². The molecule has 1 fully saturated rings. The smallest absolute Gasteiger partial charge is 0.259 e. The second kappa shape index (κ2) is 10.4. The van der Waals surface area contributed by atoms with Crippen LogP contribution in [0.25, 0.3) is 0 Å². The predicted octanol–water partition coefficient (Wildman–Crippen LogP) is 2.42. The molecule has 4 heterocycles. The lowest BCUT2D eigenvalue weighted by atomic mass is 10.1. The molecule has 3 aliphatic rings. The Bertz CT molecular complexity index is 1180. The lowest BCUT2D eigenvalue weighted by molar-refractivity contribution is 0.0973. The van der Waals surface area contributed by atoms with E-state index in [1.165, 1.54) is 6.20 Å². The number of fused-ring (bicyclic) bond motifs is 3. The summed E-state index contributed by atoms with van der Waals surface area (Å²) in [5.74, 6) is 2.75. The van der Waals surface area contributed by atoms with E-state index in [1.54, 1.807) is 25.4 Å². The quantitative estimate of drug-likeness (QED) is 0.480. The SMILES string of the molecule is COc1c(OCCCN2CCS(O)(O)CC2)ccc2c1N=C(NC(=O)c1cccnc1)N1CCN=C21. The maximum absolute atomic E-state index is 12.8. The molecule has 0 spiro atoms. The number of amidine groups is 1. The van der Waals surface area contributed by atoms with Gasteiger partial charge in [0.05, 0.1) is 37.3 Å². The van der Waals surface area contributed by atoms with E-state index >= 15 is 0 Å². The number of ether oxygens (including phenoxy) is 2. The predicted molar refractivity (Wildman–Crippen MR) is 139 cm³/mol. The van der Waals surface area contributed by atoms with Gasteiger partial charge in [-0.05, 0) is 30.7 Å². The van der Waals surface area contributed by atoms with Crippen molar-refractivity contribution in [3.63, 3.8) is 0 Å². The highest BCUT2D eigenvalue weighted by molar-refractivity contribution is 8.24. The topological polar surface area (TPSA) is 132 Å². The Balaban J connectivity index is 1.30. The van der Waals surface area contributed by atoms with Crippen molar-refractivity contribution in [2.24, 2.45) is 9.98 Å². The number of nitrogens with one attached hydrogen (secondary N) is 1. The Kier molecular flexibility index (Phi) is 7.10. The molecule has 0 saturated carbocycles. The molecule has 0 radical (unpaired) electrons. The number of rotatable bonds is 7. The summed E-state index contributed by atoms with van der Waals surface area (Å²) >= 11 is 0. The average Bonchev–Trinajstić information content (AvgIpc) is 3.38. The molecule has 12 heteroatoms. The van der Waals surface area contributed by atoms with Gasteiger partial charge in [0.25, 0.3) is 5.91 Å². The van der Waals surface area contributed by atoms with Crippen molar-refractivity contribution >= 4 is 34.0 Å². The first-order valence-electron chi connectivity index (χ1n) is 11.9. The molecule has 192 valence electrons. The van der Waals surface area contributed by atoms with Crippen molar-refractivity contribution in [1.29, 1.82) is 0 Å². The molecule has 11 nitrogen and oxygen atoms in total. The van der Waals surface area contributed by atoms with E-state index in [4.69, 9.17) is 14.5 Å². The first-order chi connectivity index (χ1) is 17.4. The maximum Gasteiger partial charge on any atom is 0.259 e. The molecule has 1 aromatic heterocycles. The molecule has 1 aromatic carbocycles. The lowest BCUT2D eigenvalue weighted by Crippen LogP contribution is -2.47. The third-order valence-electron chi connectivity index (χ3n) is 6.35. The molecule has 36 heavy (non-hydrogen) atoms. The first kappa shape index (κ1) is 24.5. The summed E-state index contributed by atoms with van der Waals surface area (Å²) in [6.45, 7) is 3.88. The molecule has 0 bridgehead atoms. The summed E-state index contributed by atoms with van der Waals surface area (Å²) in [6, 6.07) is 7.19. The fourth-order valence-corrected chi connectivity index (χ4v) is 5.74. The van der Waals surface area contributed by atoms with Crippen molar-refractivity contribution in [2.75, 3.05) is 57.9 Å². The number of carbonyl (C=O) groups excluding carboxylic acids is 1. The van der Waals surface area contributed by atoms with Gasteiger partial charge in [0.15, 0.2) is 11.5 Å². The number of benzene rings is 1. The minimum atomic E-state index is -2.39. The zero-order valence-electron chi connectivity index (χ0n) is 20.1. The van der Waals surface area contributed by atoms with Crippen molar-refractivity contribution in [1.82, 2.24) is 20.1 Å². The van der Waals surface area contributed by atoms with Gasteiger partial charge in [0, 0.05) is 44.1 Å². The molecular weight excluding hydrogens is 484 g/mol. The molecule has 0 aliphatic carbocycles. The summed E-state index contributed by atoms with van der Waals surface area (Å²) in [7, 11) is -0.815. The van der Waals surface area contributed by atoms with Crippen LogP contribution in [-0.4, -0.2) is 99.5 Å². The number of carbonyl (C=O) groups is 1. The Hall–Kier alpha value is -3.19. The summed E-state index contributed by atoms with van der Waals surface area (Å²) < 4.78 is 31.3. The highest BCUT2D eigenvalue weighted by Gasteiger charge is 2.33. The van der Waals surface area contributed by atoms with Crippen LogP contribution in [0, 0.1) is 0 Å². The number of hydrogen-bond acceptors (Lipinski definition) is 10. The van der Waals surface area contributed by atoms with Gasteiger partial charge in [-0.15, -0.1) is 0 Å². The Morgan fingerprint density at radius 2 is 2.03 bits per heavy atom. The number of guanidine groups is 1. The van der Waals surface area contributed by atoms with Crippen LogP contribution in [0.1, 0.15) is 22.3 Å². The van der Waals surface area contributed by atoms with E-state index in [0.717, 1.165) is 24.4 Å². The van der Waals surface area contributed by atoms with E-state index in [9.17, 15) is 13.9 Å². The van der Waals surface area contributed by atoms with Gasteiger partial charge in [0.2, 0.25) is 5.96 Å². The molecule has 1 amide bonds. The zero-order valence-corrected chi connectivity index (χ0v) is 20.9. The number of aromatic nitrogens is 1. The number of pyridine rings is 1. The number of methoxy groups -OCH3 is 1. The van der Waals surface area contributed by atoms with Crippen LogP contribution in [-0.2, 0) is 0 Å². The van der Waals surface area contributed by atoms with Gasteiger partial charge in [0.1, 0.15) is 11.5 Å². The number of nitrogens with zero attached hydrogens (tertiary/aromatic N) is 5. The van der Waals surface area contributed by atoms with Crippen LogP contribution in [0.3, 0.4) is 0 Å². The van der Waals surface area contributed by atoms with Crippen LogP contribution in [0.4, 0.5) is 5.69 Å². The molecule has 2 aromatic rings. The summed E-state index contributed by atoms with van der Waals surface area (Å²) in [5.41, 5.74) is 1.82. The Morgan fingerprint density at radius 3 is 2.78 bits per heavy atom. The van der Waals surface area contributed by atoms with Gasteiger partial charge in [-0.1, -0.05) is 0 Å². The fourth-order valence-electron chi connectivity index (χ4n) is 4.43. The van der Waals surface area contributed by atoms with Gasteiger partial charge < -0.3 is 14.4 Å². The minimum absolute atomic E-state index is 0.304. The van der Waals surface area contributed by atoms with E-state index < -0.39 is 10.6 Å². The normalized spacial score (nSPS) is 19.5. The number of aliphatic imine (C=N–C) groups is 2. The van der Waals surface area contributed by atoms with Gasteiger partial charge in [-0.2, -0.15) is 10.6 Å². The number of amides is 1. The van der Waals surface area contributed by atoms with E-state index in [0.29, 0.717) is 73.0 Å². The van der Waals surface area contributed by atoms with Crippen molar-refractivity contribution in [3.8, 4) is 11.5 Å². The average molecular weight is 515 g/mol. The van der Waals surface area contributed by atoms with Crippen molar-refractivity contribution in [2.45, 2.75) is 6.42 Å². The third kappa shape index (κ3) is 5.16. The molecule has 3 aliphatic heterocycles. The highest BCUT2D eigenvalue weighted by Crippen LogP contribution is 2.43. The maximum atomic E-state index is 12.8. The molecule has 1 saturated heterocycles. The third-order valence-corrected chi connectivity index (χ3v) is 8.02. The molecule has 0 atom stereocenters. The fraction of sp³-hybridized carbons (Fsp3) is 0.417. The minimum Gasteiger partial charge on any atom is -0.491 e. The van der Waals surface area contributed by atoms with E-state index in [1.807, 2.05) is 17.0 Å². The van der Waals surface area contributed by atoms with Crippen molar-refractivity contribution < 1.29 is 23.4 Å². The van der Waals surface area contributed by atoms with Gasteiger partial charge in [-0.3, -0.25) is 34.1 Å². The summed E-state index contributed by atoms with van der Waals surface area (Å²) in [4.78, 5) is 30.3.